The van der Waals surface area contributed by atoms with Crippen molar-refractivity contribution in [3.63, 3.8) is 0 Å². The van der Waals surface area contributed by atoms with Crippen LogP contribution in [0.15, 0.2) is 54.9 Å². The molecule has 0 bridgehead atoms. The Labute approximate surface area is 149 Å². The molecule has 1 aliphatic heterocycles. The summed E-state index contributed by atoms with van der Waals surface area (Å²) in [6.45, 7) is 2.61. The minimum Gasteiger partial charge on any atom is -0.486 e. The van der Waals surface area contributed by atoms with Gasteiger partial charge in [0.2, 0.25) is 0 Å². The molecule has 0 aliphatic carbocycles. The summed E-state index contributed by atoms with van der Waals surface area (Å²) >= 11 is 1.37. The second-order valence-corrected chi connectivity index (χ2v) is 6.81. The van der Waals surface area contributed by atoms with Gasteiger partial charge in [0.05, 0.1) is 24.1 Å². The monoisotopic (exact) mass is 351 g/mol. The number of rotatable bonds is 3. The van der Waals surface area contributed by atoms with E-state index in [9.17, 15) is 4.79 Å². The first-order valence-corrected chi connectivity index (χ1v) is 9.02. The van der Waals surface area contributed by atoms with Crippen molar-refractivity contribution in [3.8, 4) is 16.5 Å². The fourth-order valence-corrected chi connectivity index (χ4v) is 3.66. The Morgan fingerprint density at radius 3 is 2.88 bits per heavy atom. The SMILES string of the molecule is CCC1CN(C(=O)c2cnc(-c3ccccn3)s2)c2ccccc2O1. The van der Waals surface area contributed by atoms with Crippen molar-refractivity contribution in [2.75, 3.05) is 11.4 Å². The fourth-order valence-electron chi connectivity index (χ4n) is 2.82. The van der Waals surface area contributed by atoms with Crippen LogP contribution in [-0.2, 0) is 0 Å². The second-order valence-electron chi connectivity index (χ2n) is 5.78. The Hall–Kier alpha value is -2.73. The number of pyridine rings is 1. The maximum Gasteiger partial charge on any atom is 0.270 e. The van der Waals surface area contributed by atoms with E-state index in [2.05, 4.69) is 16.9 Å². The molecule has 4 rings (SSSR count). The molecular formula is C19H17N3O2S. The third-order valence-corrected chi connectivity index (χ3v) is 5.14. The van der Waals surface area contributed by atoms with Gasteiger partial charge in [-0.25, -0.2) is 4.98 Å². The van der Waals surface area contributed by atoms with Crippen molar-refractivity contribution >= 4 is 22.9 Å². The maximum atomic E-state index is 13.1. The van der Waals surface area contributed by atoms with Gasteiger partial charge < -0.3 is 9.64 Å². The van der Waals surface area contributed by atoms with Crippen LogP contribution in [0.1, 0.15) is 23.0 Å². The molecule has 0 radical (unpaired) electrons. The highest BCUT2D eigenvalue weighted by Gasteiger charge is 2.30. The highest BCUT2D eigenvalue weighted by Crippen LogP contribution is 2.35. The lowest BCUT2D eigenvalue weighted by atomic mass is 10.1. The number of aromatic nitrogens is 2. The summed E-state index contributed by atoms with van der Waals surface area (Å²) in [4.78, 5) is 24.2. The number of para-hydroxylation sites is 2. The zero-order valence-corrected chi connectivity index (χ0v) is 14.6. The van der Waals surface area contributed by atoms with E-state index in [1.807, 2.05) is 42.5 Å². The Morgan fingerprint density at radius 1 is 1.24 bits per heavy atom. The zero-order chi connectivity index (χ0) is 17.2. The van der Waals surface area contributed by atoms with Gasteiger partial charge in [-0.1, -0.05) is 25.1 Å². The molecule has 3 aromatic rings. The molecule has 0 saturated carbocycles. The molecule has 126 valence electrons. The zero-order valence-electron chi connectivity index (χ0n) is 13.8. The van der Waals surface area contributed by atoms with Gasteiger partial charge in [-0.3, -0.25) is 9.78 Å². The highest BCUT2D eigenvalue weighted by atomic mass is 32.1. The van der Waals surface area contributed by atoms with Crippen LogP contribution in [0.25, 0.3) is 10.7 Å². The molecule has 0 N–H and O–H groups in total. The van der Waals surface area contributed by atoms with Crippen molar-refractivity contribution in [2.24, 2.45) is 0 Å². The molecule has 25 heavy (non-hydrogen) atoms. The van der Waals surface area contributed by atoms with Gasteiger partial charge >= 0.3 is 0 Å². The molecule has 1 unspecified atom stereocenters. The van der Waals surface area contributed by atoms with Gasteiger partial charge in [0.15, 0.2) is 0 Å². The number of carbonyl (C=O) groups is 1. The number of fused-ring (bicyclic) bond motifs is 1. The summed E-state index contributed by atoms with van der Waals surface area (Å²) in [5, 5.41) is 0.748. The van der Waals surface area contributed by atoms with E-state index in [4.69, 9.17) is 4.74 Å². The smallest absolute Gasteiger partial charge is 0.270 e. The van der Waals surface area contributed by atoms with Gasteiger partial charge in [-0.15, -0.1) is 11.3 Å². The first-order chi connectivity index (χ1) is 12.3. The molecule has 1 aromatic carbocycles. The molecule has 1 aliphatic rings. The molecule has 0 saturated heterocycles. The molecular weight excluding hydrogens is 334 g/mol. The first-order valence-electron chi connectivity index (χ1n) is 8.21. The van der Waals surface area contributed by atoms with Crippen LogP contribution in [0.2, 0.25) is 0 Å². The number of carbonyl (C=O) groups excluding carboxylic acids is 1. The topological polar surface area (TPSA) is 55.3 Å². The maximum absolute atomic E-state index is 13.1. The average Bonchev–Trinajstić information content (AvgIpc) is 3.17. The Morgan fingerprint density at radius 2 is 2.08 bits per heavy atom. The van der Waals surface area contributed by atoms with Crippen LogP contribution in [0.4, 0.5) is 5.69 Å². The first kappa shape index (κ1) is 15.8. The van der Waals surface area contributed by atoms with Gasteiger partial charge in [-0.2, -0.15) is 0 Å². The molecule has 1 atom stereocenters. The van der Waals surface area contributed by atoms with E-state index in [0.29, 0.717) is 11.4 Å². The summed E-state index contributed by atoms with van der Waals surface area (Å²) in [6, 6.07) is 13.3. The Balaban J connectivity index is 1.66. The van der Waals surface area contributed by atoms with Crippen LogP contribution < -0.4 is 9.64 Å². The summed E-state index contributed by atoms with van der Waals surface area (Å²) in [5.74, 6) is 0.706. The number of hydrogen-bond acceptors (Lipinski definition) is 5. The molecule has 0 fully saturated rings. The second kappa shape index (κ2) is 6.64. The standard InChI is InChI=1S/C19H17N3O2S/c1-2-13-12-22(15-8-3-4-9-16(15)24-13)19(23)17-11-21-18(25-17)14-7-5-6-10-20-14/h3-11,13H,2,12H2,1H3. The Kier molecular flexibility index (Phi) is 4.19. The van der Waals surface area contributed by atoms with Crippen molar-refractivity contribution < 1.29 is 9.53 Å². The van der Waals surface area contributed by atoms with Crippen molar-refractivity contribution in [1.82, 2.24) is 9.97 Å². The molecule has 6 heteroatoms. The van der Waals surface area contributed by atoms with E-state index in [0.717, 1.165) is 28.6 Å². The lowest BCUT2D eigenvalue weighted by Crippen LogP contribution is -2.43. The van der Waals surface area contributed by atoms with Crippen LogP contribution in [0.5, 0.6) is 5.75 Å². The molecule has 5 nitrogen and oxygen atoms in total. The minimum atomic E-state index is -0.0473. The molecule has 2 aromatic heterocycles. The van der Waals surface area contributed by atoms with Crippen LogP contribution in [0.3, 0.4) is 0 Å². The van der Waals surface area contributed by atoms with E-state index in [-0.39, 0.29) is 12.0 Å². The summed E-state index contributed by atoms with van der Waals surface area (Å²) in [5.41, 5.74) is 1.59. The third kappa shape index (κ3) is 3.00. The summed E-state index contributed by atoms with van der Waals surface area (Å²) in [7, 11) is 0. The average molecular weight is 351 g/mol. The fraction of sp³-hybridized carbons (Fsp3) is 0.211. The predicted octanol–water partition coefficient (Wildman–Crippen LogP) is 4.02. The van der Waals surface area contributed by atoms with Crippen molar-refractivity contribution in [3.05, 3.63) is 59.7 Å². The quantitative estimate of drug-likeness (QED) is 0.715. The number of hydrogen-bond donors (Lipinski definition) is 0. The largest absolute Gasteiger partial charge is 0.486 e. The van der Waals surface area contributed by atoms with Crippen LogP contribution in [-0.4, -0.2) is 28.5 Å². The number of amides is 1. The number of nitrogens with zero attached hydrogens (tertiary/aromatic N) is 3. The normalized spacial score (nSPS) is 16.2. The van der Waals surface area contributed by atoms with Crippen molar-refractivity contribution in [2.45, 2.75) is 19.4 Å². The Bertz CT molecular complexity index is 894. The molecule has 0 spiro atoms. The van der Waals surface area contributed by atoms with E-state index in [1.54, 1.807) is 17.3 Å². The third-order valence-electron chi connectivity index (χ3n) is 4.14. The van der Waals surface area contributed by atoms with Crippen LogP contribution in [0, 0.1) is 0 Å². The van der Waals surface area contributed by atoms with Gasteiger partial charge in [0, 0.05) is 6.20 Å². The minimum absolute atomic E-state index is 0.00188. The highest BCUT2D eigenvalue weighted by molar-refractivity contribution is 7.17. The summed E-state index contributed by atoms with van der Waals surface area (Å²) < 4.78 is 5.96. The number of thiazole rings is 1. The van der Waals surface area contributed by atoms with E-state index >= 15 is 0 Å². The van der Waals surface area contributed by atoms with E-state index < -0.39 is 0 Å². The summed E-state index contributed by atoms with van der Waals surface area (Å²) in [6.07, 6.45) is 4.21. The van der Waals surface area contributed by atoms with Gasteiger partial charge in [0.25, 0.3) is 5.91 Å². The van der Waals surface area contributed by atoms with Gasteiger partial charge in [0.1, 0.15) is 21.7 Å². The van der Waals surface area contributed by atoms with Crippen molar-refractivity contribution in [1.29, 1.82) is 0 Å². The number of ether oxygens (including phenoxy) is 1. The lowest BCUT2D eigenvalue weighted by Gasteiger charge is -2.34. The lowest BCUT2D eigenvalue weighted by molar-refractivity contribution is 0.0958. The number of benzene rings is 1. The van der Waals surface area contributed by atoms with Crippen LogP contribution >= 0.6 is 11.3 Å². The molecule has 3 heterocycles. The van der Waals surface area contributed by atoms with E-state index in [1.165, 1.54) is 11.3 Å². The predicted molar refractivity (Wildman–Crippen MR) is 98.2 cm³/mol. The molecule has 1 amide bonds. The number of anilines is 1. The van der Waals surface area contributed by atoms with Gasteiger partial charge in [-0.05, 0) is 30.7 Å².